The summed E-state index contributed by atoms with van der Waals surface area (Å²) in [5.41, 5.74) is 1.54. The summed E-state index contributed by atoms with van der Waals surface area (Å²) in [6, 6.07) is 11.3. The molecule has 1 saturated carbocycles. The van der Waals surface area contributed by atoms with E-state index in [0.29, 0.717) is 6.04 Å². The maximum absolute atomic E-state index is 9.40. The summed E-state index contributed by atoms with van der Waals surface area (Å²) in [6.07, 6.45) is 7.28. The summed E-state index contributed by atoms with van der Waals surface area (Å²) in [5.74, 6) is 0.746. The monoisotopic (exact) mass is 303 g/mol. The normalized spacial score (nSPS) is 27.3. The van der Waals surface area contributed by atoms with Crippen molar-refractivity contribution >= 4 is 0 Å². The number of aliphatic hydroxyl groups is 1. The van der Waals surface area contributed by atoms with E-state index >= 15 is 0 Å². The second-order valence-electron chi connectivity index (χ2n) is 7.09. The van der Waals surface area contributed by atoms with Crippen LogP contribution in [-0.4, -0.2) is 31.5 Å². The summed E-state index contributed by atoms with van der Waals surface area (Å²) in [5, 5.41) is 13.3. The third-order valence-electron chi connectivity index (χ3n) is 5.55. The highest BCUT2D eigenvalue weighted by Crippen LogP contribution is 2.38. The Morgan fingerprint density at radius 1 is 1.23 bits per heavy atom. The van der Waals surface area contributed by atoms with Crippen LogP contribution >= 0.6 is 0 Å². The van der Waals surface area contributed by atoms with Gasteiger partial charge in [0, 0.05) is 31.2 Å². The fraction of sp³-hybridized carbons (Fsp3) is 0.684. The maximum atomic E-state index is 9.40. The van der Waals surface area contributed by atoms with Crippen LogP contribution in [-0.2, 0) is 4.74 Å². The second kappa shape index (κ2) is 7.58. The zero-order chi connectivity index (χ0) is 15.3. The van der Waals surface area contributed by atoms with Gasteiger partial charge in [-0.05, 0) is 37.2 Å². The van der Waals surface area contributed by atoms with Crippen LogP contribution in [0.2, 0.25) is 0 Å². The van der Waals surface area contributed by atoms with Gasteiger partial charge in [-0.2, -0.15) is 0 Å². The summed E-state index contributed by atoms with van der Waals surface area (Å²) in [4.78, 5) is 0. The summed E-state index contributed by atoms with van der Waals surface area (Å²) in [6.45, 7) is 2.82. The van der Waals surface area contributed by atoms with Gasteiger partial charge in [-0.3, -0.25) is 0 Å². The van der Waals surface area contributed by atoms with Crippen molar-refractivity contribution in [1.29, 1.82) is 0 Å². The molecule has 3 nitrogen and oxygen atoms in total. The molecule has 0 amide bonds. The van der Waals surface area contributed by atoms with E-state index in [2.05, 4.69) is 35.6 Å². The lowest BCUT2D eigenvalue weighted by atomic mass is 9.82. The molecule has 1 aliphatic heterocycles. The number of nitrogens with one attached hydrogen (secondary N) is 1. The van der Waals surface area contributed by atoms with Gasteiger partial charge in [0.2, 0.25) is 0 Å². The lowest BCUT2D eigenvalue weighted by molar-refractivity contribution is 0.119. The number of aliphatic hydroxyl groups excluding tert-OH is 1. The third-order valence-corrected chi connectivity index (χ3v) is 5.55. The minimum absolute atomic E-state index is 0.125. The van der Waals surface area contributed by atoms with Crippen molar-refractivity contribution in [3.63, 3.8) is 0 Å². The molecule has 1 aromatic rings. The van der Waals surface area contributed by atoms with Crippen molar-refractivity contribution in [3.05, 3.63) is 35.9 Å². The molecule has 2 fully saturated rings. The quantitative estimate of drug-likeness (QED) is 0.812. The van der Waals surface area contributed by atoms with Crippen molar-refractivity contribution in [2.75, 3.05) is 26.4 Å². The molecule has 1 heterocycles. The molecule has 3 heteroatoms. The molecule has 22 heavy (non-hydrogen) atoms. The number of hydrogen-bond donors (Lipinski definition) is 2. The minimum Gasteiger partial charge on any atom is -0.396 e. The van der Waals surface area contributed by atoms with Gasteiger partial charge in [-0.25, -0.2) is 0 Å². The van der Waals surface area contributed by atoms with Crippen molar-refractivity contribution in [3.8, 4) is 0 Å². The molecule has 0 bridgehead atoms. The van der Waals surface area contributed by atoms with Crippen LogP contribution in [0.25, 0.3) is 0 Å². The van der Waals surface area contributed by atoms with Crippen molar-refractivity contribution in [2.45, 2.75) is 44.6 Å². The molecular formula is C19H29NO2. The molecule has 2 N–H and O–H groups in total. The van der Waals surface area contributed by atoms with E-state index in [9.17, 15) is 5.11 Å². The van der Waals surface area contributed by atoms with E-state index in [4.69, 9.17) is 4.74 Å². The van der Waals surface area contributed by atoms with Gasteiger partial charge in [-0.15, -0.1) is 0 Å². The van der Waals surface area contributed by atoms with Crippen LogP contribution < -0.4 is 5.32 Å². The smallest absolute Gasteiger partial charge is 0.0536 e. The van der Waals surface area contributed by atoms with E-state index in [1.165, 1.54) is 31.2 Å². The van der Waals surface area contributed by atoms with Gasteiger partial charge in [0.05, 0.1) is 6.61 Å². The Morgan fingerprint density at radius 2 is 2.00 bits per heavy atom. The molecule has 1 saturated heterocycles. The Bertz CT molecular complexity index is 436. The Labute approximate surface area is 134 Å². The van der Waals surface area contributed by atoms with Crippen LogP contribution in [0.15, 0.2) is 30.3 Å². The Kier molecular flexibility index (Phi) is 5.51. The Hall–Kier alpha value is -0.900. The van der Waals surface area contributed by atoms with Gasteiger partial charge in [0.25, 0.3) is 0 Å². The topological polar surface area (TPSA) is 41.5 Å². The summed E-state index contributed by atoms with van der Waals surface area (Å²) < 4.78 is 5.63. The largest absolute Gasteiger partial charge is 0.396 e. The molecule has 122 valence electrons. The standard InChI is InChI=1S/C19H29NO2/c21-12-10-19(11-13-22-15-19)14-20-18(17-8-4-5-9-17)16-6-2-1-3-7-16/h1-3,6-7,17-18,20-21H,4-5,8-15H2. The predicted octanol–water partition coefficient (Wildman–Crippen LogP) is 3.30. The fourth-order valence-corrected chi connectivity index (χ4v) is 4.15. The van der Waals surface area contributed by atoms with Crippen LogP contribution in [0.1, 0.15) is 50.1 Å². The summed E-state index contributed by atoms with van der Waals surface area (Å²) in [7, 11) is 0. The molecule has 0 spiro atoms. The number of benzene rings is 1. The van der Waals surface area contributed by atoms with Gasteiger partial charge in [0.1, 0.15) is 0 Å². The highest BCUT2D eigenvalue weighted by Gasteiger charge is 2.36. The molecular weight excluding hydrogens is 274 g/mol. The van der Waals surface area contributed by atoms with E-state index < -0.39 is 0 Å². The predicted molar refractivity (Wildman–Crippen MR) is 88.7 cm³/mol. The molecule has 1 aromatic carbocycles. The maximum Gasteiger partial charge on any atom is 0.0536 e. The average Bonchev–Trinajstić information content (AvgIpc) is 3.22. The van der Waals surface area contributed by atoms with E-state index in [-0.39, 0.29) is 12.0 Å². The third kappa shape index (κ3) is 3.70. The van der Waals surface area contributed by atoms with Crippen molar-refractivity contribution in [1.82, 2.24) is 5.32 Å². The lowest BCUT2D eigenvalue weighted by Gasteiger charge is -2.32. The van der Waals surface area contributed by atoms with Gasteiger partial charge < -0.3 is 15.2 Å². The highest BCUT2D eigenvalue weighted by molar-refractivity contribution is 5.20. The van der Waals surface area contributed by atoms with Crippen molar-refractivity contribution < 1.29 is 9.84 Å². The first kappa shape index (κ1) is 16.0. The second-order valence-corrected chi connectivity index (χ2v) is 7.09. The van der Waals surface area contributed by atoms with E-state index in [1.807, 2.05) is 0 Å². The van der Waals surface area contributed by atoms with Crippen LogP contribution in [0.4, 0.5) is 0 Å². The van der Waals surface area contributed by atoms with E-state index in [0.717, 1.165) is 38.5 Å². The zero-order valence-electron chi connectivity index (χ0n) is 13.5. The Balaban J connectivity index is 1.69. The SMILES string of the molecule is OCCC1(CNC(c2ccccc2)C2CCCC2)CCOC1. The first-order valence-electron chi connectivity index (χ1n) is 8.80. The van der Waals surface area contributed by atoms with E-state index in [1.54, 1.807) is 0 Å². The minimum atomic E-state index is 0.125. The number of hydrogen-bond acceptors (Lipinski definition) is 3. The Morgan fingerprint density at radius 3 is 2.64 bits per heavy atom. The van der Waals surface area contributed by atoms with Crippen molar-refractivity contribution in [2.24, 2.45) is 11.3 Å². The zero-order valence-corrected chi connectivity index (χ0v) is 13.5. The number of ether oxygens (including phenoxy) is 1. The first-order chi connectivity index (χ1) is 10.8. The van der Waals surface area contributed by atoms with Crippen LogP contribution in [0, 0.1) is 11.3 Å². The van der Waals surface area contributed by atoms with Gasteiger partial charge >= 0.3 is 0 Å². The number of rotatable bonds is 7. The van der Waals surface area contributed by atoms with Gasteiger partial charge in [0.15, 0.2) is 0 Å². The molecule has 2 unspecified atom stereocenters. The van der Waals surface area contributed by atoms with Crippen LogP contribution in [0.3, 0.4) is 0 Å². The molecule has 0 aromatic heterocycles. The fourth-order valence-electron chi connectivity index (χ4n) is 4.15. The molecule has 2 atom stereocenters. The lowest BCUT2D eigenvalue weighted by Crippen LogP contribution is -2.39. The molecule has 1 aliphatic carbocycles. The van der Waals surface area contributed by atoms with Crippen LogP contribution in [0.5, 0.6) is 0 Å². The first-order valence-corrected chi connectivity index (χ1v) is 8.80. The summed E-state index contributed by atoms with van der Waals surface area (Å²) >= 11 is 0. The molecule has 2 aliphatic rings. The molecule has 0 radical (unpaired) electrons. The molecule has 3 rings (SSSR count). The highest BCUT2D eigenvalue weighted by atomic mass is 16.5. The average molecular weight is 303 g/mol. The van der Waals surface area contributed by atoms with Gasteiger partial charge in [-0.1, -0.05) is 43.2 Å².